The largest absolute Gasteiger partial charge is 0.457 e. The third-order valence-corrected chi connectivity index (χ3v) is 7.10. The molecule has 2 aromatic heterocycles. The van der Waals surface area contributed by atoms with Crippen molar-refractivity contribution in [1.82, 2.24) is 0 Å². The predicted molar refractivity (Wildman–Crippen MR) is 148 cm³/mol. The van der Waals surface area contributed by atoms with Crippen molar-refractivity contribution >= 4 is 64.3 Å². The number of carbonyl (C=O) groups is 1. The van der Waals surface area contributed by atoms with Crippen LogP contribution >= 0.6 is 46.4 Å². The van der Waals surface area contributed by atoms with Gasteiger partial charge in [-0.3, -0.25) is 4.79 Å². The third kappa shape index (κ3) is 5.35. The standard InChI is InChI=1S/C29H20Cl4O3/c1-16-10-17(12-21-4-8-27(35-21)23-6-2-19(30)14-25(23)32)29(34)18(11-16)13-22-5-9-28(36-22)24-7-3-20(31)15-26(24)33/h2-9,12-16H,10-11H2,1H3. The van der Waals surface area contributed by atoms with Crippen LogP contribution in [0.5, 0.6) is 0 Å². The van der Waals surface area contributed by atoms with Gasteiger partial charge >= 0.3 is 0 Å². The van der Waals surface area contributed by atoms with Crippen LogP contribution in [-0.2, 0) is 4.79 Å². The third-order valence-electron chi connectivity index (χ3n) is 6.00. The highest BCUT2D eigenvalue weighted by Gasteiger charge is 2.26. The Balaban J connectivity index is 1.40. The van der Waals surface area contributed by atoms with E-state index >= 15 is 0 Å². The molecule has 0 amide bonds. The van der Waals surface area contributed by atoms with Crippen molar-refractivity contribution < 1.29 is 13.6 Å². The molecule has 36 heavy (non-hydrogen) atoms. The first kappa shape index (κ1) is 25.0. The van der Waals surface area contributed by atoms with Gasteiger partial charge in [0.2, 0.25) is 0 Å². The quantitative estimate of drug-likeness (QED) is 0.234. The van der Waals surface area contributed by atoms with E-state index in [0.29, 0.717) is 73.0 Å². The van der Waals surface area contributed by atoms with Crippen molar-refractivity contribution in [2.24, 2.45) is 5.92 Å². The number of hydrogen-bond acceptors (Lipinski definition) is 3. The molecule has 3 nitrogen and oxygen atoms in total. The van der Waals surface area contributed by atoms with E-state index in [0.717, 1.165) is 11.1 Å². The molecular formula is C29H20Cl4O3. The summed E-state index contributed by atoms with van der Waals surface area (Å²) in [5, 5.41) is 2.11. The highest BCUT2D eigenvalue weighted by atomic mass is 35.5. The SMILES string of the molecule is CC1CC(=Cc2ccc(-c3ccc(Cl)cc3Cl)o2)C(=O)C(=Cc2ccc(-c3ccc(Cl)cc3Cl)o2)C1. The lowest BCUT2D eigenvalue weighted by Gasteiger charge is -2.22. The Morgan fingerprint density at radius 2 is 1.14 bits per heavy atom. The molecule has 4 aromatic rings. The summed E-state index contributed by atoms with van der Waals surface area (Å²) in [5.74, 6) is 2.67. The van der Waals surface area contributed by atoms with Crippen LogP contribution < -0.4 is 0 Å². The zero-order chi connectivity index (χ0) is 25.4. The van der Waals surface area contributed by atoms with E-state index in [4.69, 9.17) is 55.2 Å². The minimum atomic E-state index is -0.0157. The Morgan fingerprint density at radius 3 is 1.56 bits per heavy atom. The number of Topliss-reactive ketones (excluding diaryl/α,β-unsaturated/α-hetero) is 1. The van der Waals surface area contributed by atoms with Crippen molar-refractivity contribution in [3.8, 4) is 22.6 Å². The Kier molecular flexibility index (Phi) is 7.18. The van der Waals surface area contributed by atoms with Crippen molar-refractivity contribution in [3.05, 3.63) is 103 Å². The van der Waals surface area contributed by atoms with Gasteiger partial charge in [0.1, 0.15) is 23.0 Å². The lowest BCUT2D eigenvalue weighted by Crippen LogP contribution is -2.18. The van der Waals surface area contributed by atoms with Crippen molar-refractivity contribution in [2.75, 3.05) is 0 Å². The lowest BCUT2D eigenvalue weighted by atomic mass is 9.81. The lowest BCUT2D eigenvalue weighted by molar-refractivity contribution is -0.113. The summed E-state index contributed by atoms with van der Waals surface area (Å²) in [6.45, 7) is 2.12. The van der Waals surface area contributed by atoms with Crippen LogP contribution in [0, 0.1) is 5.92 Å². The molecule has 182 valence electrons. The van der Waals surface area contributed by atoms with Gasteiger partial charge < -0.3 is 8.83 Å². The molecule has 2 aromatic carbocycles. The van der Waals surface area contributed by atoms with E-state index in [2.05, 4.69) is 6.92 Å². The van der Waals surface area contributed by atoms with Crippen LogP contribution in [0.25, 0.3) is 34.8 Å². The molecule has 5 rings (SSSR count). The van der Waals surface area contributed by atoms with Crippen molar-refractivity contribution in [3.63, 3.8) is 0 Å². The molecule has 7 heteroatoms. The van der Waals surface area contributed by atoms with Gasteiger partial charge in [-0.2, -0.15) is 0 Å². The zero-order valence-corrected chi connectivity index (χ0v) is 22.2. The van der Waals surface area contributed by atoms with Crippen LogP contribution in [-0.4, -0.2) is 5.78 Å². The molecule has 0 unspecified atom stereocenters. The predicted octanol–water partition coefficient (Wildman–Crippen LogP) is 10.3. The van der Waals surface area contributed by atoms with Gasteiger partial charge in [-0.15, -0.1) is 0 Å². The first-order valence-electron chi connectivity index (χ1n) is 11.3. The topological polar surface area (TPSA) is 43.4 Å². The number of allylic oxidation sites excluding steroid dienone is 2. The first-order chi connectivity index (χ1) is 17.3. The summed E-state index contributed by atoms with van der Waals surface area (Å²) in [6, 6.07) is 17.8. The van der Waals surface area contributed by atoms with Crippen LogP contribution in [0.2, 0.25) is 20.1 Å². The molecule has 0 saturated heterocycles. The number of hydrogen-bond donors (Lipinski definition) is 0. The average molecular weight is 558 g/mol. The highest BCUT2D eigenvalue weighted by molar-refractivity contribution is 6.37. The van der Waals surface area contributed by atoms with E-state index in [1.54, 1.807) is 36.4 Å². The van der Waals surface area contributed by atoms with Crippen LogP contribution in [0.3, 0.4) is 0 Å². The van der Waals surface area contributed by atoms with Crippen molar-refractivity contribution in [2.45, 2.75) is 19.8 Å². The maximum atomic E-state index is 13.3. The van der Waals surface area contributed by atoms with E-state index in [1.807, 2.05) is 36.4 Å². The molecule has 0 spiro atoms. The van der Waals surface area contributed by atoms with Gasteiger partial charge in [0, 0.05) is 32.3 Å². The molecule has 0 N–H and O–H groups in total. The molecule has 2 heterocycles. The second-order valence-electron chi connectivity index (χ2n) is 8.83. The van der Waals surface area contributed by atoms with Crippen LogP contribution in [0.1, 0.15) is 31.3 Å². The van der Waals surface area contributed by atoms with Gasteiger partial charge in [-0.25, -0.2) is 0 Å². The van der Waals surface area contributed by atoms with Crippen LogP contribution in [0.4, 0.5) is 0 Å². The molecule has 1 aliphatic carbocycles. The monoisotopic (exact) mass is 556 g/mol. The summed E-state index contributed by atoms with van der Waals surface area (Å²) in [7, 11) is 0. The van der Waals surface area contributed by atoms with Gasteiger partial charge in [-0.1, -0.05) is 53.3 Å². The summed E-state index contributed by atoms with van der Waals surface area (Å²) in [5.41, 5.74) is 2.86. The number of ketones is 1. The fraction of sp³-hybridized carbons (Fsp3) is 0.138. The minimum Gasteiger partial charge on any atom is -0.457 e. The maximum Gasteiger partial charge on any atom is 0.185 e. The highest BCUT2D eigenvalue weighted by Crippen LogP contribution is 2.36. The number of halogens is 4. The molecular weight excluding hydrogens is 538 g/mol. The summed E-state index contributed by atoms with van der Waals surface area (Å²) in [4.78, 5) is 13.3. The molecule has 1 aliphatic rings. The Hall–Kier alpha value is -2.69. The number of carbonyl (C=O) groups excluding carboxylic acids is 1. The molecule has 1 saturated carbocycles. The fourth-order valence-electron chi connectivity index (χ4n) is 4.34. The Morgan fingerprint density at radius 1 is 0.694 bits per heavy atom. The maximum absolute atomic E-state index is 13.3. The Bertz CT molecular complexity index is 1410. The number of rotatable bonds is 4. The summed E-state index contributed by atoms with van der Waals surface area (Å²) < 4.78 is 12.0. The van der Waals surface area contributed by atoms with Gasteiger partial charge in [-0.05, 0) is 91.6 Å². The van der Waals surface area contributed by atoms with Crippen LogP contribution in [0.15, 0.2) is 80.6 Å². The van der Waals surface area contributed by atoms with Gasteiger partial charge in [0.15, 0.2) is 5.78 Å². The normalized spacial score (nSPS) is 18.4. The van der Waals surface area contributed by atoms with E-state index in [-0.39, 0.29) is 5.78 Å². The second kappa shape index (κ2) is 10.4. The number of benzene rings is 2. The zero-order valence-electron chi connectivity index (χ0n) is 19.2. The Labute approximate surface area is 228 Å². The molecule has 0 radical (unpaired) electrons. The van der Waals surface area contributed by atoms with Crippen molar-refractivity contribution in [1.29, 1.82) is 0 Å². The summed E-state index contributed by atoms with van der Waals surface area (Å²) >= 11 is 24.6. The van der Waals surface area contributed by atoms with Gasteiger partial charge in [0.25, 0.3) is 0 Å². The molecule has 1 fully saturated rings. The molecule has 0 atom stereocenters. The average Bonchev–Trinajstić information content (AvgIpc) is 3.47. The molecule has 0 aliphatic heterocycles. The minimum absolute atomic E-state index is 0.0157. The number of furan rings is 2. The first-order valence-corrected chi connectivity index (χ1v) is 12.8. The summed E-state index contributed by atoms with van der Waals surface area (Å²) in [6.07, 6.45) is 4.94. The molecule has 0 bridgehead atoms. The second-order valence-corrected chi connectivity index (χ2v) is 10.5. The fourth-order valence-corrected chi connectivity index (χ4v) is 5.34. The van der Waals surface area contributed by atoms with E-state index in [1.165, 1.54) is 0 Å². The van der Waals surface area contributed by atoms with E-state index < -0.39 is 0 Å². The smallest absolute Gasteiger partial charge is 0.185 e. The van der Waals surface area contributed by atoms with Gasteiger partial charge in [0.05, 0.1) is 10.0 Å². The van der Waals surface area contributed by atoms with E-state index in [9.17, 15) is 4.79 Å².